The average Bonchev–Trinajstić information content (AvgIpc) is 2.61. The third-order valence-corrected chi connectivity index (χ3v) is 4.15. The smallest absolute Gasteiger partial charge is 0.311 e. The molecule has 134 valence electrons. The molecule has 2 aromatic carbocycles. The van der Waals surface area contributed by atoms with Crippen molar-refractivity contribution >= 4 is 22.4 Å². The van der Waals surface area contributed by atoms with Gasteiger partial charge in [0.1, 0.15) is 12.1 Å². The molecule has 7 heteroatoms. The van der Waals surface area contributed by atoms with Crippen molar-refractivity contribution in [3.05, 3.63) is 52.8 Å². The van der Waals surface area contributed by atoms with E-state index < -0.39 is 4.92 Å². The Labute approximate surface area is 150 Å². The van der Waals surface area contributed by atoms with Crippen molar-refractivity contribution in [1.29, 1.82) is 0 Å². The average molecular weight is 352 g/mol. The number of rotatable bonds is 6. The molecule has 0 fully saturated rings. The van der Waals surface area contributed by atoms with Crippen LogP contribution in [0.3, 0.4) is 0 Å². The molecule has 0 saturated carbocycles. The lowest BCUT2D eigenvalue weighted by molar-refractivity contribution is -0.385. The van der Waals surface area contributed by atoms with Crippen molar-refractivity contribution in [3.63, 3.8) is 0 Å². The number of fused-ring (bicyclic) bond motifs is 1. The van der Waals surface area contributed by atoms with Gasteiger partial charge in [-0.25, -0.2) is 9.97 Å². The Balaban J connectivity index is 2.00. The summed E-state index contributed by atoms with van der Waals surface area (Å²) < 4.78 is 0. The minimum atomic E-state index is -0.595. The first-order chi connectivity index (χ1) is 12.5. The van der Waals surface area contributed by atoms with E-state index in [1.807, 2.05) is 18.2 Å². The normalized spacial score (nSPS) is 11.0. The molecule has 0 bridgehead atoms. The third kappa shape index (κ3) is 3.72. The van der Waals surface area contributed by atoms with Crippen LogP contribution in [0.2, 0.25) is 0 Å². The van der Waals surface area contributed by atoms with Crippen LogP contribution in [-0.2, 0) is 0 Å². The van der Waals surface area contributed by atoms with E-state index in [2.05, 4.69) is 29.1 Å². The van der Waals surface area contributed by atoms with E-state index in [4.69, 9.17) is 0 Å². The Morgan fingerprint density at radius 1 is 1.15 bits per heavy atom. The van der Waals surface area contributed by atoms with Gasteiger partial charge in [0.05, 0.1) is 10.4 Å². The maximum Gasteiger partial charge on any atom is 0.311 e. The Bertz CT molecular complexity index is 957. The first-order valence-electron chi connectivity index (χ1n) is 8.42. The van der Waals surface area contributed by atoms with Crippen LogP contribution in [-0.4, -0.2) is 26.5 Å². The highest BCUT2D eigenvalue weighted by molar-refractivity contribution is 5.92. The van der Waals surface area contributed by atoms with Crippen LogP contribution < -0.4 is 5.32 Å². The van der Waals surface area contributed by atoms with Gasteiger partial charge in [0.2, 0.25) is 0 Å². The minimum absolute atomic E-state index is 0.317. The Hall–Kier alpha value is -3.22. The van der Waals surface area contributed by atoms with E-state index in [1.165, 1.54) is 18.5 Å². The number of phenols is 1. The van der Waals surface area contributed by atoms with E-state index >= 15 is 0 Å². The predicted octanol–water partition coefficient (Wildman–Crippen LogP) is 4.37. The number of benzene rings is 2. The lowest BCUT2D eigenvalue weighted by Crippen LogP contribution is -2.06. The topological polar surface area (TPSA) is 101 Å². The van der Waals surface area contributed by atoms with Crippen molar-refractivity contribution in [2.24, 2.45) is 5.92 Å². The fraction of sp³-hybridized carbons (Fsp3) is 0.263. The zero-order valence-electron chi connectivity index (χ0n) is 14.6. The second kappa shape index (κ2) is 7.35. The van der Waals surface area contributed by atoms with Crippen molar-refractivity contribution in [1.82, 2.24) is 9.97 Å². The van der Waals surface area contributed by atoms with E-state index in [-0.39, 0.29) is 11.4 Å². The highest BCUT2D eigenvalue weighted by atomic mass is 16.6. The third-order valence-electron chi connectivity index (χ3n) is 4.15. The molecule has 1 heterocycles. The van der Waals surface area contributed by atoms with Crippen LogP contribution in [0.5, 0.6) is 5.75 Å². The first kappa shape index (κ1) is 17.6. The summed E-state index contributed by atoms with van der Waals surface area (Å²) in [7, 11) is 0. The van der Waals surface area contributed by atoms with Crippen LogP contribution in [0.15, 0.2) is 42.7 Å². The SMILES string of the molecule is CC(C)CCNc1ncnc2ccc(-c3ccc(O)c([N+](=O)[O-])c3)cc12. The summed E-state index contributed by atoms with van der Waals surface area (Å²) in [4.78, 5) is 19.1. The molecule has 0 saturated heterocycles. The van der Waals surface area contributed by atoms with Crippen LogP contribution in [0.1, 0.15) is 20.3 Å². The number of phenolic OH excluding ortho intramolecular Hbond substituents is 1. The molecule has 0 unspecified atom stereocenters. The second-order valence-corrected chi connectivity index (χ2v) is 6.52. The van der Waals surface area contributed by atoms with Crippen LogP contribution in [0.4, 0.5) is 11.5 Å². The fourth-order valence-corrected chi connectivity index (χ4v) is 2.71. The number of nitro benzene ring substituents is 1. The Morgan fingerprint density at radius 2 is 1.88 bits per heavy atom. The van der Waals surface area contributed by atoms with Crippen molar-refractivity contribution in [3.8, 4) is 16.9 Å². The molecule has 0 aliphatic heterocycles. The fourth-order valence-electron chi connectivity index (χ4n) is 2.71. The number of nitro groups is 1. The first-order valence-corrected chi connectivity index (χ1v) is 8.42. The van der Waals surface area contributed by atoms with Gasteiger partial charge >= 0.3 is 5.69 Å². The Morgan fingerprint density at radius 3 is 2.62 bits per heavy atom. The van der Waals surface area contributed by atoms with Gasteiger partial charge < -0.3 is 10.4 Å². The largest absolute Gasteiger partial charge is 0.502 e. The van der Waals surface area contributed by atoms with Gasteiger partial charge in [-0.15, -0.1) is 0 Å². The molecule has 0 spiro atoms. The van der Waals surface area contributed by atoms with Crippen LogP contribution in [0.25, 0.3) is 22.0 Å². The molecule has 0 aliphatic rings. The number of aromatic nitrogens is 2. The molecule has 7 nitrogen and oxygen atoms in total. The monoisotopic (exact) mass is 352 g/mol. The summed E-state index contributed by atoms with van der Waals surface area (Å²) in [5.74, 6) is 0.980. The lowest BCUT2D eigenvalue weighted by Gasteiger charge is -2.11. The number of hydrogen-bond donors (Lipinski definition) is 2. The van der Waals surface area contributed by atoms with Gasteiger partial charge in [-0.1, -0.05) is 26.0 Å². The summed E-state index contributed by atoms with van der Waals surface area (Å²) >= 11 is 0. The predicted molar refractivity (Wildman–Crippen MR) is 101 cm³/mol. The molecule has 3 aromatic rings. The summed E-state index contributed by atoms with van der Waals surface area (Å²) in [6.45, 7) is 5.13. The standard InChI is InChI=1S/C19H20N4O3/c1-12(2)7-8-20-19-15-9-13(3-5-16(15)21-11-22-19)14-4-6-18(24)17(10-14)23(25)26/h3-6,9-12,24H,7-8H2,1-2H3,(H,20,21,22). The molecule has 0 atom stereocenters. The zero-order chi connectivity index (χ0) is 18.7. The van der Waals surface area contributed by atoms with Gasteiger partial charge in [0, 0.05) is 18.0 Å². The van der Waals surface area contributed by atoms with Crippen molar-refractivity contribution in [2.75, 3.05) is 11.9 Å². The van der Waals surface area contributed by atoms with E-state index in [9.17, 15) is 15.2 Å². The van der Waals surface area contributed by atoms with E-state index in [0.29, 0.717) is 11.5 Å². The number of nitrogens with zero attached hydrogens (tertiary/aromatic N) is 3. The zero-order valence-corrected chi connectivity index (χ0v) is 14.6. The van der Waals surface area contributed by atoms with E-state index in [0.717, 1.165) is 35.2 Å². The highest BCUT2D eigenvalue weighted by Crippen LogP contribution is 2.33. The summed E-state index contributed by atoms with van der Waals surface area (Å²) in [5.41, 5.74) is 1.92. The molecule has 2 N–H and O–H groups in total. The van der Waals surface area contributed by atoms with Gasteiger partial charge in [-0.2, -0.15) is 0 Å². The summed E-state index contributed by atoms with van der Waals surface area (Å²) in [6.07, 6.45) is 2.54. The van der Waals surface area contributed by atoms with Crippen molar-refractivity contribution in [2.45, 2.75) is 20.3 Å². The maximum absolute atomic E-state index is 11.1. The molecule has 0 aliphatic carbocycles. The molecule has 26 heavy (non-hydrogen) atoms. The summed E-state index contributed by atoms with van der Waals surface area (Å²) in [6, 6.07) is 9.97. The molecular weight excluding hydrogens is 332 g/mol. The van der Waals surface area contributed by atoms with Gasteiger partial charge in [0.25, 0.3) is 0 Å². The highest BCUT2D eigenvalue weighted by Gasteiger charge is 2.15. The van der Waals surface area contributed by atoms with Gasteiger partial charge in [-0.05, 0) is 41.7 Å². The number of aromatic hydroxyl groups is 1. The molecule has 1 aromatic heterocycles. The van der Waals surface area contributed by atoms with E-state index in [1.54, 1.807) is 6.07 Å². The molecular formula is C19H20N4O3. The van der Waals surface area contributed by atoms with Crippen LogP contribution in [0, 0.1) is 16.0 Å². The van der Waals surface area contributed by atoms with Crippen LogP contribution >= 0.6 is 0 Å². The second-order valence-electron chi connectivity index (χ2n) is 6.52. The Kier molecular flexibility index (Phi) is 4.97. The molecule has 0 radical (unpaired) electrons. The number of anilines is 1. The number of nitrogens with one attached hydrogen (secondary N) is 1. The molecule has 3 rings (SSSR count). The maximum atomic E-state index is 11.1. The molecule has 0 amide bonds. The van der Waals surface area contributed by atoms with Gasteiger partial charge in [-0.3, -0.25) is 10.1 Å². The van der Waals surface area contributed by atoms with Gasteiger partial charge in [0.15, 0.2) is 5.75 Å². The lowest BCUT2D eigenvalue weighted by atomic mass is 10.0. The number of hydrogen-bond acceptors (Lipinski definition) is 6. The minimum Gasteiger partial charge on any atom is -0.502 e. The summed E-state index contributed by atoms with van der Waals surface area (Å²) in [5, 5.41) is 24.9. The van der Waals surface area contributed by atoms with Crippen molar-refractivity contribution < 1.29 is 10.0 Å². The quantitative estimate of drug-likeness (QED) is 0.504.